The fourth-order valence-electron chi connectivity index (χ4n) is 3.55. The second-order valence-electron chi connectivity index (χ2n) is 7.87. The molecule has 0 bridgehead atoms. The van der Waals surface area contributed by atoms with Crippen molar-refractivity contribution in [3.63, 3.8) is 0 Å². The molecule has 2 aromatic heterocycles. The topological polar surface area (TPSA) is 74.8 Å². The zero-order chi connectivity index (χ0) is 23.9. The molecule has 0 atom stereocenters. The van der Waals surface area contributed by atoms with Crippen LogP contribution in [0.2, 0.25) is 0 Å². The van der Waals surface area contributed by atoms with Crippen LogP contribution < -0.4 is 4.90 Å². The molecule has 0 saturated carbocycles. The van der Waals surface area contributed by atoms with Crippen molar-refractivity contribution in [1.29, 1.82) is 5.26 Å². The van der Waals surface area contributed by atoms with E-state index in [1.165, 1.54) is 17.3 Å². The lowest BCUT2D eigenvalue weighted by Gasteiger charge is -2.22. The third-order valence-corrected chi connectivity index (χ3v) is 7.33. The molecule has 0 radical (unpaired) electrons. The number of hydrogen-bond donors (Lipinski definition) is 0. The van der Waals surface area contributed by atoms with Gasteiger partial charge >= 0.3 is 0 Å². The summed E-state index contributed by atoms with van der Waals surface area (Å²) >= 11 is 2.99. The van der Waals surface area contributed by atoms with Gasteiger partial charge in [0.2, 0.25) is 5.91 Å². The van der Waals surface area contributed by atoms with Crippen LogP contribution in [0.4, 0.5) is 5.69 Å². The smallest absolute Gasteiger partial charge is 0.237 e. The van der Waals surface area contributed by atoms with E-state index >= 15 is 0 Å². The number of rotatable bonds is 9. The van der Waals surface area contributed by atoms with E-state index in [0.29, 0.717) is 18.2 Å². The molecule has 0 N–H and O–H groups in total. The zero-order valence-electron chi connectivity index (χ0n) is 19.1. The highest BCUT2D eigenvalue weighted by Gasteiger charge is 2.20. The molecule has 0 unspecified atom stereocenters. The van der Waals surface area contributed by atoms with Crippen LogP contribution >= 0.6 is 23.1 Å². The summed E-state index contributed by atoms with van der Waals surface area (Å²) < 4.78 is 2.06. The van der Waals surface area contributed by atoms with E-state index < -0.39 is 0 Å². The number of thiophene rings is 1. The van der Waals surface area contributed by atoms with Crippen LogP contribution in [0.5, 0.6) is 0 Å². The number of anilines is 1. The van der Waals surface area contributed by atoms with Crippen LogP contribution in [0.25, 0.3) is 10.7 Å². The maximum atomic E-state index is 13.3. The van der Waals surface area contributed by atoms with Crippen molar-refractivity contribution in [3.05, 3.63) is 82.7 Å². The highest BCUT2D eigenvalue weighted by Crippen LogP contribution is 2.29. The number of nitrogens with zero attached hydrogens (tertiary/aromatic N) is 5. The van der Waals surface area contributed by atoms with E-state index in [1.807, 2.05) is 67.8 Å². The molecule has 6 nitrogen and oxygen atoms in total. The number of carbonyl (C=O) groups is 1. The second kappa shape index (κ2) is 11.1. The van der Waals surface area contributed by atoms with Crippen molar-refractivity contribution in [2.45, 2.75) is 32.0 Å². The van der Waals surface area contributed by atoms with Crippen molar-refractivity contribution in [3.8, 4) is 16.8 Å². The molecule has 4 aromatic rings. The normalized spacial score (nSPS) is 10.7. The largest absolute Gasteiger partial charge is 0.311 e. The fraction of sp³-hybridized carbons (Fsp3) is 0.231. The first-order valence-corrected chi connectivity index (χ1v) is 12.8. The highest BCUT2D eigenvalue weighted by atomic mass is 32.2. The summed E-state index contributed by atoms with van der Waals surface area (Å²) in [6.45, 7) is 5.04. The molecular weight excluding hydrogens is 462 g/mol. The number of nitriles is 1. The first-order valence-electron chi connectivity index (χ1n) is 10.9. The summed E-state index contributed by atoms with van der Waals surface area (Å²) in [6.07, 6.45) is 0.274. The Kier molecular flexibility index (Phi) is 7.78. The van der Waals surface area contributed by atoms with E-state index in [9.17, 15) is 4.79 Å². The number of amides is 1. The quantitative estimate of drug-likeness (QED) is 0.283. The van der Waals surface area contributed by atoms with Crippen LogP contribution in [0.3, 0.4) is 0 Å². The standard InChI is InChI=1S/C26H25N5OS2/c1-19-11-12-22(16-20(19)2)30(14-7-13-27)24(32)18-34-26-29-28-25(23-10-6-15-33-23)31(26)17-21-8-4-3-5-9-21/h3-6,8-12,15-16H,7,14,17-18H2,1-2H3. The molecule has 0 fully saturated rings. The van der Waals surface area contributed by atoms with Gasteiger partial charge in [0, 0.05) is 12.2 Å². The minimum Gasteiger partial charge on any atom is -0.311 e. The van der Waals surface area contributed by atoms with E-state index in [2.05, 4.69) is 33.0 Å². The minimum atomic E-state index is -0.0598. The molecule has 8 heteroatoms. The number of aromatic nitrogens is 3. The minimum absolute atomic E-state index is 0.0598. The summed E-state index contributed by atoms with van der Waals surface area (Å²) in [5, 5.41) is 20.7. The molecule has 34 heavy (non-hydrogen) atoms. The third-order valence-electron chi connectivity index (χ3n) is 5.52. The van der Waals surface area contributed by atoms with Crippen molar-refractivity contribution in [2.75, 3.05) is 17.2 Å². The van der Waals surface area contributed by atoms with Crippen LogP contribution in [0.1, 0.15) is 23.1 Å². The van der Waals surface area contributed by atoms with Crippen molar-refractivity contribution in [2.24, 2.45) is 0 Å². The molecule has 2 heterocycles. The van der Waals surface area contributed by atoms with Gasteiger partial charge in [-0.15, -0.1) is 21.5 Å². The van der Waals surface area contributed by atoms with Gasteiger partial charge in [-0.05, 0) is 54.1 Å². The lowest BCUT2D eigenvalue weighted by Crippen LogP contribution is -2.33. The molecule has 0 aliphatic heterocycles. The van der Waals surface area contributed by atoms with Gasteiger partial charge in [-0.2, -0.15) is 5.26 Å². The Balaban J connectivity index is 1.57. The Morgan fingerprint density at radius 3 is 2.62 bits per heavy atom. The molecule has 1 amide bonds. The summed E-state index contributed by atoms with van der Waals surface area (Å²) in [6, 6.07) is 22.3. The van der Waals surface area contributed by atoms with E-state index in [4.69, 9.17) is 5.26 Å². The first-order chi connectivity index (χ1) is 16.6. The van der Waals surface area contributed by atoms with Gasteiger partial charge in [0.05, 0.1) is 29.7 Å². The van der Waals surface area contributed by atoms with Gasteiger partial charge in [-0.1, -0.05) is 54.2 Å². The maximum absolute atomic E-state index is 13.3. The number of carbonyl (C=O) groups excluding carboxylic acids is 1. The molecule has 2 aromatic carbocycles. The average molecular weight is 488 g/mol. The Morgan fingerprint density at radius 1 is 1.09 bits per heavy atom. The third kappa shape index (κ3) is 5.56. The Labute approximate surface area is 207 Å². The van der Waals surface area contributed by atoms with Gasteiger partial charge < -0.3 is 4.90 Å². The van der Waals surface area contributed by atoms with Crippen molar-refractivity contribution in [1.82, 2.24) is 14.8 Å². The SMILES string of the molecule is Cc1ccc(N(CCC#N)C(=O)CSc2nnc(-c3cccs3)n2Cc2ccccc2)cc1C. The lowest BCUT2D eigenvalue weighted by atomic mass is 10.1. The van der Waals surface area contributed by atoms with Gasteiger partial charge in [-0.25, -0.2) is 0 Å². The summed E-state index contributed by atoms with van der Waals surface area (Å²) in [5.74, 6) is 0.940. The van der Waals surface area contributed by atoms with E-state index in [1.54, 1.807) is 16.2 Å². The second-order valence-corrected chi connectivity index (χ2v) is 9.76. The van der Waals surface area contributed by atoms with Crippen LogP contribution in [0, 0.1) is 25.2 Å². The number of aryl methyl sites for hydroxylation is 2. The Morgan fingerprint density at radius 2 is 1.91 bits per heavy atom. The average Bonchev–Trinajstić information content (AvgIpc) is 3.51. The van der Waals surface area contributed by atoms with Crippen molar-refractivity contribution < 1.29 is 4.79 Å². The molecule has 0 aliphatic carbocycles. The number of thioether (sulfide) groups is 1. The summed E-state index contributed by atoms with van der Waals surface area (Å²) in [7, 11) is 0. The Bertz CT molecular complexity index is 1290. The van der Waals surface area contributed by atoms with Gasteiger partial charge in [-0.3, -0.25) is 9.36 Å². The Hall–Kier alpha value is -3.41. The maximum Gasteiger partial charge on any atom is 0.237 e. The highest BCUT2D eigenvalue weighted by molar-refractivity contribution is 7.99. The van der Waals surface area contributed by atoms with Gasteiger partial charge in [0.1, 0.15) is 0 Å². The number of benzene rings is 2. The molecule has 0 saturated heterocycles. The van der Waals surface area contributed by atoms with Gasteiger partial charge in [0.15, 0.2) is 11.0 Å². The predicted octanol–water partition coefficient (Wildman–Crippen LogP) is 5.71. The van der Waals surface area contributed by atoms with Crippen LogP contribution in [-0.4, -0.2) is 33.0 Å². The van der Waals surface area contributed by atoms with Crippen LogP contribution in [-0.2, 0) is 11.3 Å². The zero-order valence-corrected chi connectivity index (χ0v) is 20.8. The number of hydrogen-bond acceptors (Lipinski definition) is 6. The molecular formula is C26H25N5OS2. The lowest BCUT2D eigenvalue weighted by molar-refractivity contribution is -0.116. The first kappa shape index (κ1) is 23.7. The monoisotopic (exact) mass is 487 g/mol. The van der Waals surface area contributed by atoms with E-state index in [-0.39, 0.29) is 18.1 Å². The van der Waals surface area contributed by atoms with Crippen molar-refractivity contribution >= 4 is 34.7 Å². The molecule has 172 valence electrons. The molecule has 0 spiro atoms. The summed E-state index contributed by atoms with van der Waals surface area (Å²) in [5.41, 5.74) is 4.23. The van der Waals surface area contributed by atoms with Gasteiger partial charge in [0.25, 0.3) is 0 Å². The molecule has 0 aliphatic rings. The summed E-state index contributed by atoms with van der Waals surface area (Å²) in [4.78, 5) is 16.0. The molecule has 4 rings (SSSR count). The van der Waals surface area contributed by atoms with E-state index in [0.717, 1.165) is 27.5 Å². The van der Waals surface area contributed by atoms with Crippen LogP contribution in [0.15, 0.2) is 71.2 Å². The fourth-order valence-corrected chi connectivity index (χ4v) is 5.08. The predicted molar refractivity (Wildman–Crippen MR) is 138 cm³/mol.